The summed E-state index contributed by atoms with van der Waals surface area (Å²) in [4.78, 5) is 4.71. The molecule has 2 aromatic heterocycles. The average Bonchev–Trinajstić information content (AvgIpc) is 3.47. The summed E-state index contributed by atoms with van der Waals surface area (Å²) in [7, 11) is 0. The summed E-state index contributed by atoms with van der Waals surface area (Å²) in [6.45, 7) is 1.49. The molecule has 0 radical (unpaired) electrons. The van der Waals surface area contributed by atoms with Gasteiger partial charge in [-0.2, -0.15) is 0 Å². The van der Waals surface area contributed by atoms with Crippen LogP contribution in [0.4, 0.5) is 4.39 Å². The van der Waals surface area contributed by atoms with Gasteiger partial charge in [0, 0.05) is 12.2 Å². The maximum Gasteiger partial charge on any atom is 0.191 e. The largest absolute Gasteiger partial charge is 0.376 e. The molecule has 0 unspecified atom stereocenters. The van der Waals surface area contributed by atoms with Gasteiger partial charge in [0.2, 0.25) is 0 Å². The predicted octanol–water partition coefficient (Wildman–Crippen LogP) is 5.17. The third-order valence-corrected chi connectivity index (χ3v) is 7.09. The Bertz CT molecular complexity index is 1090. The topological polar surface area (TPSA) is 52.8 Å². The number of benzene rings is 2. The Morgan fingerprint density at radius 1 is 1.14 bits per heavy atom. The lowest BCUT2D eigenvalue weighted by molar-refractivity contribution is 0.0953. The molecule has 1 atom stereocenters. The van der Waals surface area contributed by atoms with Crippen molar-refractivity contribution in [3.8, 4) is 11.4 Å². The lowest BCUT2D eigenvalue weighted by Crippen LogP contribution is -2.16. The first-order valence-electron chi connectivity index (χ1n) is 9.54. The zero-order valence-corrected chi connectivity index (χ0v) is 17.3. The second-order valence-corrected chi connectivity index (χ2v) is 8.98. The number of halogens is 1. The minimum absolute atomic E-state index is 0.159. The van der Waals surface area contributed by atoms with E-state index >= 15 is 0 Å². The van der Waals surface area contributed by atoms with Gasteiger partial charge < -0.3 is 4.74 Å². The van der Waals surface area contributed by atoms with E-state index in [-0.39, 0.29) is 11.9 Å². The molecule has 0 spiro atoms. The van der Waals surface area contributed by atoms with Crippen LogP contribution in [0, 0.1) is 5.82 Å². The quantitative estimate of drug-likeness (QED) is 0.398. The summed E-state index contributed by atoms with van der Waals surface area (Å²) >= 11 is 3.33. The SMILES string of the molecule is Fc1ccc(-c2nnc(SCc3nc4ccccc4s3)n2C[C@H]2CCCO2)cc1. The average molecular weight is 427 g/mol. The minimum Gasteiger partial charge on any atom is -0.376 e. The minimum atomic E-state index is -0.260. The van der Waals surface area contributed by atoms with Crippen LogP contribution in [0.3, 0.4) is 0 Å². The van der Waals surface area contributed by atoms with Crippen LogP contribution in [-0.4, -0.2) is 32.5 Å². The van der Waals surface area contributed by atoms with Crippen LogP contribution < -0.4 is 0 Å². The van der Waals surface area contributed by atoms with Gasteiger partial charge in [0.1, 0.15) is 10.8 Å². The van der Waals surface area contributed by atoms with Crippen LogP contribution in [0.25, 0.3) is 21.6 Å². The molecule has 1 fully saturated rings. The van der Waals surface area contributed by atoms with Crippen molar-refractivity contribution in [3.05, 3.63) is 59.4 Å². The highest BCUT2D eigenvalue weighted by atomic mass is 32.2. The highest BCUT2D eigenvalue weighted by molar-refractivity contribution is 7.98. The number of fused-ring (bicyclic) bond motifs is 1. The van der Waals surface area contributed by atoms with Crippen molar-refractivity contribution in [1.82, 2.24) is 19.7 Å². The molecule has 0 aliphatic carbocycles. The summed E-state index contributed by atoms with van der Waals surface area (Å²) in [5.41, 5.74) is 1.88. The van der Waals surface area contributed by atoms with Gasteiger partial charge in [0.15, 0.2) is 11.0 Å². The number of hydrogen-bond donors (Lipinski definition) is 0. The van der Waals surface area contributed by atoms with E-state index in [1.165, 1.54) is 16.8 Å². The maximum atomic E-state index is 13.4. The molecule has 0 bridgehead atoms. The van der Waals surface area contributed by atoms with Gasteiger partial charge in [-0.3, -0.25) is 4.57 Å². The highest BCUT2D eigenvalue weighted by Gasteiger charge is 2.22. The van der Waals surface area contributed by atoms with Crippen LogP contribution in [0.5, 0.6) is 0 Å². The van der Waals surface area contributed by atoms with Crippen LogP contribution in [0.2, 0.25) is 0 Å². The number of nitrogens with zero attached hydrogens (tertiary/aromatic N) is 4. The molecule has 4 aromatic rings. The van der Waals surface area contributed by atoms with E-state index < -0.39 is 0 Å². The maximum absolute atomic E-state index is 13.4. The third-order valence-electron chi connectivity index (χ3n) is 4.89. The van der Waals surface area contributed by atoms with Crippen LogP contribution in [0.1, 0.15) is 17.8 Å². The van der Waals surface area contributed by atoms with E-state index in [0.717, 1.165) is 52.3 Å². The van der Waals surface area contributed by atoms with Crippen molar-refractivity contribution in [2.24, 2.45) is 0 Å². The van der Waals surface area contributed by atoms with Gasteiger partial charge in [0.25, 0.3) is 0 Å². The van der Waals surface area contributed by atoms with E-state index in [2.05, 4.69) is 20.8 Å². The van der Waals surface area contributed by atoms with E-state index in [0.29, 0.717) is 6.54 Å². The normalized spacial score (nSPS) is 16.7. The first kappa shape index (κ1) is 18.7. The fourth-order valence-corrected chi connectivity index (χ4v) is 5.38. The molecule has 2 aromatic carbocycles. The van der Waals surface area contributed by atoms with Gasteiger partial charge in [-0.25, -0.2) is 9.37 Å². The van der Waals surface area contributed by atoms with Crippen molar-refractivity contribution < 1.29 is 9.13 Å². The highest BCUT2D eigenvalue weighted by Crippen LogP contribution is 2.31. The Labute approximate surface area is 176 Å². The first-order chi connectivity index (χ1) is 14.3. The molecule has 0 N–H and O–H groups in total. The van der Waals surface area contributed by atoms with Gasteiger partial charge in [-0.05, 0) is 49.2 Å². The van der Waals surface area contributed by atoms with Crippen LogP contribution >= 0.6 is 23.1 Å². The summed E-state index contributed by atoms with van der Waals surface area (Å²) in [5, 5.41) is 10.7. The van der Waals surface area contributed by atoms with Gasteiger partial charge in [-0.1, -0.05) is 23.9 Å². The molecule has 29 heavy (non-hydrogen) atoms. The van der Waals surface area contributed by atoms with E-state index in [9.17, 15) is 4.39 Å². The van der Waals surface area contributed by atoms with Gasteiger partial charge in [-0.15, -0.1) is 21.5 Å². The van der Waals surface area contributed by atoms with E-state index in [4.69, 9.17) is 9.72 Å². The molecular formula is C21H19FN4OS2. The van der Waals surface area contributed by atoms with Crippen LogP contribution in [0.15, 0.2) is 53.7 Å². The number of thioether (sulfide) groups is 1. The molecule has 0 saturated carbocycles. The van der Waals surface area contributed by atoms with Crippen molar-refractivity contribution in [3.63, 3.8) is 0 Å². The van der Waals surface area contributed by atoms with Crippen molar-refractivity contribution in [1.29, 1.82) is 0 Å². The lowest BCUT2D eigenvalue weighted by atomic mass is 10.2. The zero-order valence-electron chi connectivity index (χ0n) is 15.6. The van der Waals surface area contributed by atoms with Crippen LogP contribution in [-0.2, 0) is 17.0 Å². The second kappa shape index (κ2) is 8.22. The van der Waals surface area contributed by atoms with Crippen molar-refractivity contribution in [2.45, 2.75) is 36.4 Å². The number of thiazole rings is 1. The predicted molar refractivity (Wildman–Crippen MR) is 114 cm³/mol. The Balaban J connectivity index is 1.42. The first-order valence-corrected chi connectivity index (χ1v) is 11.3. The number of ether oxygens (including phenoxy) is 1. The summed E-state index contributed by atoms with van der Waals surface area (Å²) in [6, 6.07) is 14.6. The summed E-state index contributed by atoms with van der Waals surface area (Å²) < 4.78 is 22.5. The third kappa shape index (κ3) is 4.05. The Morgan fingerprint density at radius 3 is 2.79 bits per heavy atom. The molecule has 5 nitrogen and oxygen atoms in total. The molecule has 8 heteroatoms. The number of aromatic nitrogens is 4. The number of hydrogen-bond acceptors (Lipinski definition) is 6. The van der Waals surface area contributed by atoms with Gasteiger partial charge in [0.05, 0.1) is 28.6 Å². The second-order valence-electron chi connectivity index (χ2n) is 6.92. The molecule has 1 saturated heterocycles. The zero-order chi connectivity index (χ0) is 19.6. The summed E-state index contributed by atoms with van der Waals surface area (Å²) in [5.74, 6) is 1.21. The molecule has 148 valence electrons. The molecule has 1 aliphatic rings. The fraction of sp³-hybridized carbons (Fsp3) is 0.286. The van der Waals surface area contributed by atoms with Crippen molar-refractivity contribution in [2.75, 3.05) is 6.61 Å². The number of para-hydroxylation sites is 1. The molecule has 1 aliphatic heterocycles. The van der Waals surface area contributed by atoms with E-state index in [1.54, 1.807) is 35.2 Å². The Hall–Kier alpha value is -2.29. The molecular weight excluding hydrogens is 407 g/mol. The van der Waals surface area contributed by atoms with E-state index in [1.807, 2.05) is 18.2 Å². The summed E-state index contributed by atoms with van der Waals surface area (Å²) in [6.07, 6.45) is 2.27. The Morgan fingerprint density at radius 2 is 2.00 bits per heavy atom. The number of rotatable bonds is 6. The lowest BCUT2D eigenvalue weighted by Gasteiger charge is -2.14. The van der Waals surface area contributed by atoms with Gasteiger partial charge >= 0.3 is 0 Å². The smallest absolute Gasteiger partial charge is 0.191 e. The molecule has 5 rings (SSSR count). The Kier molecular flexibility index (Phi) is 5.30. The standard InChI is InChI=1S/C21H19FN4OS2/c22-15-9-7-14(8-10-15)20-24-25-21(26(20)12-16-4-3-11-27-16)28-13-19-23-17-5-1-2-6-18(17)29-19/h1-2,5-10,16H,3-4,11-13H2/t16-/m1/s1. The molecule has 0 amide bonds. The monoisotopic (exact) mass is 426 g/mol. The fourth-order valence-electron chi connectivity index (χ4n) is 3.47. The molecule has 3 heterocycles. The van der Waals surface area contributed by atoms with Crippen molar-refractivity contribution >= 4 is 33.3 Å².